The molecular weight excluding hydrogens is 176 g/mol. The van der Waals surface area contributed by atoms with Gasteiger partial charge in [-0.15, -0.1) is 0 Å². The highest BCUT2D eigenvalue weighted by Gasteiger charge is 2.18. The monoisotopic (exact) mass is 181 g/mol. The van der Waals surface area contributed by atoms with Gasteiger partial charge >= 0.3 is 6.09 Å². The van der Waals surface area contributed by atoms with Gasteiger partial charge in [0.15, 0.2) is 0 Å². The van der Waals surface area contributed by atoms with Crippen LogP contribution in [0.4, 0.5) is 4.79 Å². The maximum atomic E-state index is 10.3. The van der Waals surface area contributed by atoms with Crippen molar-refractivity contribution < 1.29 is 9.53 Å². The van der Waals surface area contributed by atoms with Crippen LogP contribution in [0.3, 0.4) is 0 Å². The number of nitrogens with one attached hydrogen (secondary N) is 1. The van der Waals surface area contributed by atoms with Crippen LogP contribution < -0.4 is 5.23 Å². The summed E-state index contributed by atoms with van der Waals surface area (Å²) in [5, 5.41) is 1.76. The topological polar surface area (TPSA) is 38.3 Å². The summed E-state index contributed by atoms with van der Waals surface area (Å²) >= 11 is 10.9. The van der Waals surface area contributed by atoms with Crippen molar-refractivity contribution in [3.8, 4) is 0 Å². The molecule has 0 spiro atoms. The molecule has 0 aliphatic heterocycles. The lowest BCUT2D eigenvalue weighted by molar-refractivity contribution is 0.150. The average Bonchev–Trinajstić information content (AvgIpc) is 1.81. The number of halogens is 2. The number of alkyl halides is 2. The first-order valence-electron chi connectivity index (χ1n) is 2.47. The highest BCUT2D eigenvalue weighted by molar-refractivity contribution is 6.48. The van der Waals surface area contributed by atoms with E-state index in [1.807, 2.05) is 0 Å². The van der Waals surface area contributed by atoms with E-state index in [0.29, 0.717) is 0 Å². The molecule has 0 atom stereocenters. The molecular formula is C4H6BCl2NO2. The van der Waals surface area contributed by atoms with E-state index >= 15 is 0 Å². The van der Waals surface area contributed by atoms with Crippen molar-refractivity contribution >= 4 is 37.3 Å². The molecule has 0 aromatic heterocycles. The van der Waals surface area contributed by atoms with Gasteiger partial charge in [0.2, 0.25) is 7.98 Å². The maximum Gasteiger partial charge on any atom is 0.394 e. The van der Waals surface area contributed by atoms with Crippen LogP contribution in [-0.2, 0) is 4.74 Å². The maximum absolute atomic E-state index is 10.3. The Bertz CT molecular complexity index is 125. The van der Waals surface area contributed by atoms with Crippen molar-refractivity contribution in [3.05, 3.63) is 0 Å². The molecule has 0 unspecified atom stereocenters. The Morgan fingerprint density at radius 1 is 1.80 bits per heavy atom. The summed E-state index contributed by atoms with van der Waals surface area (Å²) in [4.78, 5) is 10.3. The summed E-state index contributed by atoms with van der Waals surface area (Å²) in [6.07, 6.45) is -0.757. The van der Waals surface area contributed by atoms with Gasteiger partial charge in [-0.3, -0.25) is 0 Å². The molecule has 6 heteroatoms. The smallest absolute Gasteiger partial charge is 0.394 e. The lowest BCUT2D eigenvalue weighted by Crippen LogP contribution is -2.26. The van der Waals surface area contributed by atoms with Crippen LogP contribution in [0.2, 0.25) is 0 Å². The summed E-state index contributed by atoms with van der Waals surface area (Å²) < 4.78 is 3.35. The highest BCUT2D eigenvalue weighted by atomic mass is 35.5. The average molecular weight is 182 g/mol. The summed E-state index contributed by atoms with van der Waals surface area (Å²) in [5.41, 5.74) is 0. The molecule has 0 aromatic rings. The molecule has 10 heavy (non-hydrogen) atoms. The molecule has 3 nitrogen and oxygen atoms in total. The minimum absolute atomic E-state index is 0.0981. The summed E-state index contributed by atoms with van der Waals surface area (Å²) in [7, 11) is 4.69. The predicted molar refractivity (Wildman–Crippen MR) is 40.3 cm³/mol. The highest BCUT2D eigenvalue weighted by Crippen LogP contribution is 2.19. The van der Waals surface area contributed by atoms with Gasteiger partial charge < -0.3 is 9.96 Å². The van der Waals surface area contributed by atoms with Gasteiger partial charge in [-0.05, 0) is 6.92 Å². The third kappa shape index (κ3) is 6.04. The van der Waals surface area contributed by atoms with E-state index in [9.17, 15) is 4.79 Å². The molecule has 0 aliphatic rings. The Labute approximate surface area is 70.4 Å². The third-order valence-electron chi connectivity index (χ3n) is 0.575. The number of carbonyl (C=O) groups excluding carboxylic acids is 1. The lowest BCUT2D eigenvalue weighted by atomic mass is 10.4. The van der Waals surface area contributed by atoms with E-state index in [2.05, 4.69) is 4.74 Å². The van der Waals surface area contributed by atoms with E-state index in [1.54, 1.807) is 5.23 Å². The third-order valence-corrected chi connectivity index (χ3v) is 0.793. The first-order chi connectivity index (χ1) is 4.45. The fourth-order valence-electron chi connectivity index (χ4n) is 0.234. The molecule has 0 saturated heterocycles. The van der Waals surface area contributed by atoms with Crippen LogP contribution in [0.25, 0.3) is 0 Å². The molecule has 0 saturated carbocycles. The zero-order chi connectivity index (χ0) is 8.20. The minimum atomic E-state index is -1.06. The van der Waals surface area contributed by atoms with Crippen LogP contribution in [-0.4, -0.2) is 25.0 Å². The molecule has 0 aliphatic carbocycles. The molecule has 0 aromatic carbocycles. The van der Waals surface area contributed by atoms with Gasteiger partial charge in [0.05, 0.1) is 0 Å². The van der Waals surface area contributed by atoms with Crippen LogP contribution in [0.15, 0.2) is 0 Å². The molecule has 0 bridgehead atoms. The van der Waals surface area contributed by atoms with Crippen LogP contribution >= 0.6 is 23.2 Å². The number of carbonyl (C=O) groups is 1. The number of ether oxygens (including phenoxy) is 1. The second kappa shape index (κ2) is 3.93. The second-order valence-electron chi connectivity index (χ2n) is 1.79. The Balaban J connectivity index is 3.46. The fourth-order valence-corrected chi connectivity index (χ4v) is 0.343. The molecule has 1 N–H and O–H groups in total. The number of hydrogen-bond acceptors (Lipinski definition) is 2. The summed E-state index contributed by atoms with van der Waals surface area (Å²) in [5.74, 6) is 0. The van der Waals surface area contributed by atoms with Crippen molar-refractivity contribution in [1.29, 1.82) is 0 Å². The largest absolute Gasteiger partial charge is 0.447 e. The normalized spacial score (nSPS) is 10.7. The summed E-state index contributed by atoms with van der Waals surface area (Å²) in [6.45, 7) is 1.40. The van der Waals surface area contributed by atoms with E-state index in [1.165, 1.54) is 6.92 Å². The first-order valence-corrected chi connectivity index (χ1v) is 3.22. The van der Waals surface area contributed by atoms with Crippen LogP contribution in [0.1, 0.15) is 6.92 Å². The van der Waals surface area contributed by atoms with E-state index in [4.69, 9.17) is 31.2 Å². The van der Waals surface area contributed by atoms with Gasteiger partial charge in [-0.25, -0.2) is 4.79 Å². The molecule has 2 radical (unpaired) electrons. The fraction of sp³-hybridized carbons (Fsp3) is 0.750. The Morgan fingerprint density at radius 3 is 2.60 bits per heavy atom. The van der Waals surface area contributed by atoms with Crippen molar-refractivity contribution in [2.45, 2.75) is 11.3 Å². The van der Waals surface area contributed by atoms with Gasteiger partial charge in [0.1, 0.15) is 10.9 Å². The predicted octanol–water partition coefficient (Wildman–Crippen LogP) is 0.990. The zero-order valence-corrected chi connectivity index (χ0v) is 6.87. The standard InChI is InChI=1S/C4H6BCl2NO2/c1-4(6,7)2-10-3(9)8-5/h2H2,1H3,(H,8,9). The Kier molecular flexibility index (Phi) is 3.90. The van der Waals surface area contributed by atoms with E-state index in [0.717, 1.165) is 0 Å². The number of hydrogen-bond donors (Lipinski definition) is 1. The molecule has 0 fully saturated rings. The Morgan fingerprint density at radius 2 is 2.30 bits per heavy atom. The quantitative estimate of drug-likeness (QED) is 0.510. The first kappa shape index (κ1) is 9.91. The van der Waals surface area contributed by atoms with Gasteiger partial charge in [-0.1, -0.05) is 23.2 Å². The molecule has 0 rings (SSSR count). The van der Waals surface area contributed by atoms with Crippen LogP contribution in [0, 0.1) is 0 Å². The molecule has 56 valence electrons. The number of amides is 1. The van der Waals surface area contributed by atoms with Crippen molar-refractivity contribution in [2.75, 3.05) is 6.61 Å². The van der Waals surface area contributed by atoms with Gasteiger partial charge in [-0.2, -0.15) is 0 Å². The SMILES string of the molecule is [B]NC(=O)OCC(C)(Cl)Cl. The van der Waals surface area contributed by atoms with Crippen molar-refractivity contribution in [1.82, 2.24) is 5.23 Å². The van der Waals surface area contributed by atoms with E-state index in [-0.39, 0.29) is 6.61 Å². The minimum Gasteiger partial charge on any atom is -0.447 e. The number of rotatable bonds is 2. The van der Waals surface area contributed by atoms with Gasteiger partial charge in [0, 0.05) is 0 Å². The van der Waals surface area contributed by atoms with Crippen molar-refractivity contribution in [3.63, 3.8) is 0 Å². The van der Waals surface area contributed by atoms with Crippen LogP contribution in [0.5, 0.6) is 0 Å². The molecule has 0 heterocycles. The summed E-state index contributed by atoms with van der Waals surface area (Å²) in [6, 6.07) is 0. The van der Waals surface area contributed by atoms with E-state index < -0.39 is 10.4 Å². The zero-order valence-electron chi connectivity index (χ0n) is 5.36. The van der Waals surface area contributed by atoms with Gasteiger partial charge in [0.25, 0.3) is 0 Å². The lowest BCUT2D eigenvalue weighted by Gasteiger charge is -2.12. The Hall–Kier alpha value is -0.0851. The second-order valence-corrected chi connectivity index (χ2v) is 3.65. The molecule has 1 amide bonds. The van der Waals surface area contributed by atoms with Crippen molar-refractivity contribution in [2.24, 2.45) is 0 Å².